The summed E-state index contributed by atoms with van der Waals surface area (Å²) in [5, 5.41) is 13.4. The molecule has 0 fully saturated rings. The Kier molecular flexibility index (Phi) is 38.7. The number of hydrogen-bond donors (Lipinski definition) is 2. The van der Waals surface area contributed by atoms with Crippen LogP contribution in [0.15, 0.2) is 24.3 Å². The van der Waals surface area contributed by atoms with Crippen LogP contribution < -0.4 is 10.2 Å². The molecule has 0 bridgehead atoms. The van der Waals surface area contributed by atoms with E-state index in [4.69, 9.17) is 9.05 Å². The average Bonchev–Trinajstić information content (AvgIpc) is 3.15. The Morgan fingerprint density at radius 3 is 1.43 bits per heavy atom. The van der Waals surface area contributed by atoms with Gasteiger partial charge >= 0.3 is 0 Å². The Balaban J connectivity index is 3.72. The van der Waals surface area contributed by atoms with Crippen LogP contribution in [0.4, 0.5) is 0 Å². The molecule has 332 valence electrons. The van der Waals surface area contributed by atoms with Gasteiger partial charge in [0, 0.05) is 6.42 Å². The fraction of sp³-hybridized carbons (Fsp3) is 0.894. The molecule has 0 aromatic rings. The van der Waals surface area contributed by atoms with E-state index in [0.29, 0.717) is 17.4 Å². The number of phosphoric acid groups is 1. The number of rotatable bonds is 43. The number of amides is 1. The molecule has 2 N–H and O–H groups in total. The van der Waals surface area contributed by atoms with Crippen molar-refractivity contribution in [3.8, 4) is 0 Å². The second-order valence-electron chi connectivity index (χ2n) is 17.5. The number of phosphoric ester groups is 1. The molecule has 0 heterocycles. The number of carbonyl (C=O) groups excluding carboxylic acids is 1. The van der Waals surface area contributed by atoms with Gasteiger partial charge in [0.2, 0.25) is 5.91 Å². The maximum atomic E-state index is 12.7. The summed E-state index contributed by atoms with van der Waals surface area (Å²) in [4.78, 5) is 24.9. The molecule has 0 spiro atoms. The van der Waals surface area contributed by atoms with E-state index in [1.165, 1.54) is 167 Å². The molecular formula is C47H93N2O6P. The van der Waals surface area contributed by atoms with Crippen LogP contribution in [0.1, 0.15) is 219 Å². The van der Waals surface area contributed by atoms with Crippen LogP contribution in [0.2, 0.25) is 0 Å². The van der Waals surface area contributed by atoms with Crippen molar-refractivity contribution in [2.45, 2.75) is 231 Å². The summed E-state index contributed by atoms with van der Waals surface area (Å²) in [6.45, 7) is 4.43. The second-order valence-corrected chi connectivity index (χ2v) is 18.9. The lowest BCUT2D eigenvalue weighted by atomic mass is 10.0. The molecule has 9 heteroatoms. The number of quaternary nitrogens is 1. The molecule has 1 amide bonds. The predicted octanol–water partition coefficient (Wildman–Crippen LogP) is 12.7. The summed E-state index contributed by atoms with van der Waals surface area (Å²) in [6.07, 6.45) is 47.8. The first kappa shape index (κ1) is 55.0. The molecule has 0 saturated carbocycles. The summed E-state index contributed by atoms with van der Waals surface area (Å²) in [5.41, 5.74) is 0. The number of unbranched alkanes of at least 4 members (excludes halogenated alkanes) is 28. The first-order chi connectivity index (χ1) is 27.0. The van der Waals surface area contributed by atoms with Gasteiger partial charge in [0.15, 0.2) is 0 Å². The lowest BCUT2D eigenvalue weighted by Crippen LogP contribution is -2.45. The largest absolute Gasteiger partial charge is 0.756 e. The van der Waals surface area contributed by atoms with Crippen LogP contribution in [0.5, 0.6) is 0 Å². The van der Waals surface area contributed by atoms with Gasteiger partial charge in [0.05, 0.1) is 39.9 Å². The molecule has 0 aromatic heterocycles. The summed E-state index contributed by atoms with van der Waals surface area (Å²) in [6, 6.07) is -0.878. The zero-order valence-electron chi connectivity index (χ0n) is 37.6. The van der Waals surface area contributed by atoms with Crippen LogP contribution in [-0.2, 0) is 18.4 Å². The van der Waals surface area contributed by atoms with E-state index < -0.39 is 20.0 Å². The molecule has 0 aliphatic rings. The number of aliphatic hydroxyl groups is 1. The van der Waals surface area contributed by atoms with Crippen LogP contribution >= 0.6 is 7.82 Å². The molecule has 0 aliphatic carbocycles. The number of nitrogens with zero attached hydrogens (tertiary/aromatic N) is 1. The molecule has 0 aliphatic heterocycles. The van der Waals surface area contributed by atoms with Crippen LogP contribution in [-0.4, -0.2) is 68.5 Å². The molecular weight excluding hydrogens is 719 g/mol. The monoisotopic (exact) mass is 813 g/mol. The van der Waals surface area contributed by atoms with Crippen molar-refractivity contribution < 1.29 is 32.9 Å². The molecule has 56 heavy (non-hydrogen) atoms. The zero-order chi connectivity index (χ0) is 41.4. The fourth-order valence-electron chi connectivity index (χ4n) is 6.86. The van der Waals surface area contributed by atoms with E-state index in [2.05, 4.69) is 24.4 Å². The van der Waals surface area contributed by atoms with Gasteiger partial charge in [-0.2, -0.15) is 0 Å². The Labute approximate surface area is 347 Å². The van der Waals surface area contributed by atoms with Gasteiger partial charge in [-0.25, -0.2) is 0 Å². The SMILES string of the molecule is CCC/C=C/C(O)C(COP(=O)([O-])OCC[N+](C)(C)C)NC(=O)CCCCCCCCCCCCCCCCCCCCC/C=C\CCCCCCCCCC. The van der Waals surface area contributed by atoms with Crippen LogP contribution in [0, 0.1) is 0 Å². The van der Waals surface area contributed by atoms with Crippen molar-refractivity contribution >= 4 is 13.7 Å². The third-order valence-electron chi connectivity index (χ3n) is 10.6. The summed E-state index contributed by atoms with van der Waals surface area (Å²) >= 11 is 0. The van der Waals surface area contributed by atoms with E-state index in [1.54, 1.807) is 6.08 Å². The Bertz CT molecular complexity index is 969. The smallest absolute Gasteiger partial charge is 0.268 e. The van der Waals surface area contributed by atoms with Gasteiger partial charge in [0.1, 0.15) is 13.2 Å². The molecule has 0 aromatic carbocycles. The standard InChI is InChI=1S/C47H93N2O6P/c1-6-8-10-11-12-13-14-15-16-17-18-19-20-21-22-23-24-25-26-27-28-29-30-31-32-33-34-35-36-37-39-41-47(51)48-45(46(50)40-38-9-7-2)44-55-56(52,53)54-43-42-49(3,4)5/h17-18,38,40,45-46,50H,6-16,19-37,39,41-44H2,1-5H3,(H-,48,51,52,53)/b18-17-,40-38+. The topological polar surface area (TPSA) is 108 Å². The minimum atomic E-state index is -4.56. The molecule has 0 radical (unpaired) electrons. The number of nitrogens with one attached hydrogen (secondary N) is 1. The van der Waals surface area contributed by atoms with Crippen molar-refractivity contribution in [3.63, 3.8) is 0 Å². The van der Waals surface area contributed by atoms with Crippen molar-refractivity contribution in [2.24, 2.45) is 0 Å². The first-order valence-electron chi connectivity index (χ1n) is 23.7. The van der Waals surface area contributed by atoms with Gasteiger partial charge in [-0.1, -0.05) is 199 Å². The molecule has 0 rings (SSSR count). The minimum Gasteiger partial charge on any atom is -0.756 e. The fourth-order valence-corrected chi connectivity index (χ4v) is 7.58. The molecule has 3 unspecified atom stereocenters. The lowest BCUT2D eigenvalue weighted by Gasteiger charge is -2.29. The van der Waals surface area contributed by atoms with Gasteiger partial charge in [-0.15, -0.1) is 0 Å². The third kappa shape index (κ3) is 41.2. The maximum Gasteiger partial charge on any atom is 0.268 e. The van der Waals surface area contributed by atoms with Crippen molar-refractivity contribution in [1.29, 1.82) is 0 Å². The highest BCUT2D eigenvalue weighted by Crippen LogP contribution is 2.38. The Morgan fingerprint density at radius 2 is 1.02 bits per heavy atom. The van der Waals surface area contributed by atoms with E-state index in [9.17, 15) is 19.4 Å². The number of aliphatic hydroxyl groups excluding tert-OH is 1. The quantitative estimate of drug-likeness (QED) is 0.0275. The van der Waals surface area contributed by atoms with Crippen molar-refractivity contribution in [2.75, 3.05) is 40.9 Å². The predicted molar refractivity (Wildman–Crippen MR) is 238 cm³/mol. The maximum absolute atomic E-state index is 12.7. The number of likely N-dealkylation sites (N-methyl/N-ethyl adjacent to an activating group) is 1. The van der Waals surface area contributed by atoms with Gasteiger partial charge < -0.3 is 28.8 Å². The summed E-state index contributed by atoms with van der Waals surface area (Å²) < 4.78 is 22.9. The normalized spacial score (nSPS) is 14.5. The number of hydrogen-bond acceptors (Lipinski definition) is 6. The van der Waals surface area contributed by atoms with Gasteiger partial charge in [-0.3, -0.25) is 9.36 Å². The van der Waals surface area contributed by atoms with Crippen LogP contribution in [0.25, 0.3) is 0 Å². The molecule has 3 atom stereocenters. The average molecular weight is 813 g/mol. The minimum absolute atomic E-state index is 0.00112. The Morgan fingerprint density at radius 1 is 0.607 bits per heavy atom. The third-order valence-corrected chi connectivity index (χ3v) is 11.6. The van der Waals surface area contributed by atoms with Crippen LogP contribution in [0.3, 0.4) is 0 Å². The van der Waals surface area contributed by atoms with E-state index >= 15 is 0 Å². The van der Waals surface area contributed by atoms with E-state index in [-0.39, 0.29) is 19.1 Å². The number of allylic oxidation sites excluding steroid dienone is 3. The Hall–Kier alpha value is -1.02. The van der Waals surface area contributed by atoms with Gasteiger partial charge in [0.25, 0.3) is 7.82 Å². The van der Waals surface area contributed by atoms with Crippen molar-refractivity contribution in [3.05, 3.63) is 24.3 Å². The zero-order valence-corrected chi connectivity index (χ0v) is 38.5. The highest BCUT2D eigenvalue weighted by atomic mass is 31.2. The number of carbonyl (C=O) groups is 1. The molecule has 8 nitrogen and oxygen atoms in total. The highest BCUT2D eigenvalue weighted by Gasteiger charge is 2.23. The van der Waals surface area contributed by atoms with Gasteiger partial charge in [-0.05, 0) is 38.5 Å². The van der Waals surface area contributed by atoms with E-state index in [1.807, 2.05) is 34.1 Å². The summed E-state index contributed by atoms with van der Waals surface area (Å²) in [7, 11) is 1.26. The second kappa shape index (κ2) is 39.4. The lowest BCUT2D eigenvalue weighted by molar-refractivity contribution is -0.870. The van der Waals surface area contributed by atoms with E-state index in [0.717, 1.165) is 32.1 Å². The summed E-state index contributed by atoms with van der Waals surface area (Å²) in [5.74, 6) is -0.207. The van der Waals surface area contributed by atoms with Crippen molar-refractivity contribution in [1.82, 2.24) is 5.32 Å². The first-order valence-corrected chi connectivity index (χ1v) is 25.2. The highest BCUT2D eigenvalue weighted by molar-refractivity contribution is 7.45. The molecule has 0 saturated heterocycles.